The topological polar surface area (TPSA) is 59.1 Å². The van der Waals surface area contributed by atoms with Gasteiger partial charge in [0.15, 0.2) is 6.10 Å². The van der Waals surface area contributed by atoms with Gasteiger partial charge in [0.2, 0.25) is 0 Å². The van der Waals surface area contributed by atoms with E-state index in [1.807, 2.05) is 49.9 Å². The van der Waals surface area contributed by atoms with Crippen LogP contribution in [0.4, 0.5) is 4.79 Å². The Hall–Kier alpha value is -2.24. The molecule has 0 bridgehead atoms. The molecule has 0 aliphatic carbocycles. The number of rotatable bonds is 4. The van der Waals surface area contributed by atoms with Crippen LogP contribution in [0, 0.1) is 12.8 Å². The summed E-state index contributed by atoms with van der Waals surface area (Å²) in [5.74, 6) is 0.823. The van der Waals surface area contributed by atoms with Crippen molar-refractivity contribution in [3.63, 3.8) is 0 Å². The molecule has 2 saturated heterocycles. The smallest absolute Gasteiger partial charge is 0.410 e. The maximum atomic E-state index is 13.1. The molecule has 2 heterocycles. The predicted molar refractivity (Wildman–Crippen MR) is 98.1 cm³/mol. The van der Waals surface area contributed by atoms with Crippen molar-refractivity contribution in [1.29, 1.82) is 0 Å². The number of carbonyl (C=O) groups excluding carboxylic acids is 2. The van der Waals surface area contributed by atoms with Crippen molar-refractivity contribution in [3.05, 3.63) is 29.8 Å². The second-order valence-electron chi connectivity index (χ2n) is 7.78. The highest BCUT2D eigenvalue weighted by molar-refractivity contribution is 5.82. The van der Waals surface area contributed by atoms with E-state index in [4.69, 9.17) is 9.47 Å². The van der Waals surface area contributed by atoms with E-state index >= 15 is 0 Å². The van der Waals surface area contributed by atoms with Crippen molar-refractivity contribution < 1.29 is 19.1 Å². The lowest BCUT2D eigenvalue weighted by Crippen LogP contribution is -2.52. The van der Waals surface area contributed by atoms with Gasteiger partial charge in [-0.25, -0.2) is 4.79 Å². The van der Waals surface area contributed by atoms with E-state index in [9.17, 15) is 9.59 Å². The molecule has 0 N–H and O–H groups in total. The molecule has 142 valence electrons. The number of aryl methyl sites for hydroxylation is 1. The SMILES string of the molecule is Cc1ccccc1O[C@H](C(=O)N1CCC2(CC1)CN(C)C(=O)O2)C(C)C. The van der Waals surface area contributed by atoms with Crippen molar-refractivity contribution in [2.45, 2.75) is 45.3 Å². The lowest BCUT2D eigenvalue weighted by atomic mass is 9.90. The second-order valence-corrected chi connectivity index (χ2v) is 7.78. The number of carbonyl (C=O) groups is 2. The molecule has 26 heavy (non-hydrogen) atoms. The lowest BCUT2D eigenvalue weighted by molar-refractivity contribution is -0.144. The maximum Gasteiger partial charge on any atom is 0.410 e. The molecule has 2 amide bonds. The van der Waals surface area contributed by atoms with E-state index < -0.39 is 11.7 Å². The molecular weight excluding hydrogens is 332 g/mol. The van der Waals surface area contributed by atoms with Gasteiger partial charge in [-0.1, -0.05) is 32.0 Å². The van der Waals surface area contributed by atoms with Crippen LogP contribution in [-0.4, -0.2) is 60.2 Å². The number of benzene rings is 1. The number of likely N-dealkylation sites (tertiary alicyclic amines) is 1. The molecule has 1 spiro atoms. The molecule has 0 aromatic heterocycles. The van der Waals surface area contributed by atoms with Crippen molar-refractivity contribution >= 4 is 12.0 Å². The molecular formula is C20H28N2O4. The first-order chi connectivity index (χ1) is 12.3. The van der Waals surface area contributed by atoms with Crippen molar-refractivity contribution in [1.82, 2.24) is 9.80 Å². The maximum absolute atomic E-state index is 13.1. The first kappa shape index (κ1) is 18.5. The summed E-state index contributed by atoms with van der Waals surface area (Å²) in [6.07, 6.45) is 0.556. The minimum Gasteiger partial charge on any atom is -0.480 e. The Kier molecular flexibility index (Phi) is 5.12. The van der Waals surface area contributed by atoms with Crippen LogP contribution in [0.1, 0.15) is 32.3 Å². The van der Waals surface area contributed by atoms with Gasteiger partial charge >= 0.3 is 6.09 Å². The van der Waals surface area contributed by atoms with Gasteiger partial charge in [0.1, 0.15) is 11.4 Å². The molecule has 1 atom stereocenters. The lowest BCUT2D eigenvalue weighted by Gasteiger charge is -2.39. The van der Waals surface area contributed by atoms with E-state index in [-0.39, 0.29) is 17.9 Å². The molecule has 0 unspecified atom stereocenters. The van der Waals surface area contributed by atoms with Gasteiger partial charge in [-0.3, -0.25) is 4.79 Å². The Bertz CT molecular complexity index is 680. The molecule has 6 heteroatoms. The van der Waals surface area contributed by atoms with Crippen molar-refractivity contribution in [2.75, 3.05) is 26.7 Å². The van der Waals surface area contributed by atoms with Gasteiger partial charge in [-0.15, -0.1) is 0 Å². The highest BCUT2D eigenvalue weighted by Crippen LogP contribution is 2.33. The van der Waals surface area contributed by atoms with Crippen LogP contribution in [0.5, 0.6) is 5.75 Å². The predicted octanol–water partition coefficient (Wildman–Crippen LogP) is 2.84. The van der Waals surface area contributed by atoms with Gasteiger partial charge < -0.3 is 19.3 Å². The largest absolute Gasteiger partial charge is 0.480 e. The molecule has 2 aliphatic heterocycles. The first-order valence-electron chi connectivity index (χ1n) is 9.26. The van der Waals surface area contributed by atoms with Crippen LogP contribution in [0.3, 0.4) is 0 Å². The third kappa shape index (κ3) is 3.64. The molecule has 1 aromatic carbocycles. The fourth-order valence-corrected chi connectivity index (χ4v) is 3.66. The van der Waals surface area contributed by atoms with Gasteiger partial charge in [0.05, 0.1) is 6.54 Å². The molecule has 0 saturated carbocycles. The standard InChI is InChI=1S/C20H28N2O4/c1-14(2)17(25-16-8-6-5-7-15(16)3)18(23)22-11-9-20(10-12-22)13-21(4)19(24)26-20/h5-8,14,17H,9-13H2,1-4H3/t17-/m0/s1. The quantitative estimate of drug-likeness (QED) is 0.828. The van der Waals surface area contributed by atoms with E-state index in [1.54, 1.807) is 11.9 Å². The number of hydrogen-bond acceptors (Lipinski definition) is 4. The summed E-state index contributed by atoms with van der Waals surface area (Å²) in [5.41, 5.74) is 0.580. The van der Waals surface area contributed by atoms with E-state index in [1.165, 1.54) is 0 Å². The zero-order valence-electron chi connectivity index (χ0n) is 16.0. The normalized spacial score (nSPS) is 20.4. The van der Waals surface area contributed by atoms with E-state index in [0.29, 0.717) is 32.5 Å². The average molecular weight is 360 g/mol. The fourth-order valence-electron chi connectivity index (χ4n) is 3.66. The summed E-state index contributed by atoms with van der Waals surface area (Å²) in [6, 6.07) is 7.75. The summed E-state index contributed by atoms with van der Waals surface area (Å²) in [7, 11) is 1.75. The highest BCUT2D eigenvalue weighted by Gasteiger charge is 2.47. The third-order valence-electron chi connectivity index (χ3n) is 5.32. The van der Waals surface area contributed by atoms with Crippen LogP contribution in [0.15, 0.2) is 24.3 Å². The number of ether oxygens (including phenoxy) is 2. The number of para-hydroxylation sites is 1. The van der Waals surface area contributed by atoms with Crippen LogP contribution < -0.4 is 4.74 Å². The molecule has 2 fully saturated rings. The van der Waals surface area contributed by atoms with Crippen molar-refractivity contribution in [3.8, 4) is 5.75 Å². The first-order valence-corrected chi connectivity index (χ1v) is 9.26. The summed E-state index contributed by atoms with van der Waals surface area (Å²) >= 11 is 0. The highest BCUT2D eigenvalue weighted by atomic mass is 16.6. The van der Waals surface area contributed by atoms with Crippen molar-refractivity contribution in [2.24, 2.45) is 5.92 Å². The average Bonchev–Trinajstić information content (AvgIpc) is 2.87. The minimum atomic E-state index is -0.515. The zero-order valence-corrected chi connectivity index (χ0v) is 16.0. The third-order valence-corrected chi connectivity index (χ3v) is 5.32. The summed E-state index contributed by atoms with van der Waals surface area (Å²) in [5, 5.41) is 0. The number of nitrogens with zero attached hydrogens (tertiary/aromatic N) is 2. The molecule has 2 aliphatic rings. The Morgan fingerprint density at radius 3 is 2.42 bits per heavy atom. The minimum absolute atomic E-state index is 0.00998. The van der Waals surface area contributed by atoms with Gasteiger partial charge in [-0.2, -0.15) is 0 Å². The molecule has 0 radical (unpaired) electrons. The number of piperidine rings is 1. The number of hydrogen-bond donors (Lipinski definition) is 0. The monoisotopic (exact) mass is 360 g/mol. The van der Waals surface area contributed by atoms with Crippen LogP contribution in [0.25, 0.3) is 0 Å². The Labute approximate surface area is 155 Å². The molecule has 1 aromatic rings. The fraction of sp³-hybridized carbons (Fsp3) is 0.600. The summed E-state index contributed by atoms with van der Waals surface area (Å²) in [6.45, 7) is 7.74. The van der Waals surface area contributed by atoms with Gasteiger partial charge in [0.25, 0.3) is 5.91 Å². The second kappa shape index (κ2) is 7.17. The Balaban J connectivity index is 1.66. The zero-order chi connectivity index (χ0) is 18.9. The van der Waals surface area contributed by atoms with Gasteiger partial charge in [-0.05, 0) is 24.5 Å². The van der Waals surface area contributed by atoms with E-state index in [0.717, 1.165) is 11.3 Å². The Morgan fingerprint density at radius 1 is 1.23 bits per heavy atom. The summed E-state index contributed by atoms with van der Waals surface area (Å²) in [4.78, 5) is 28.2. The van der Waals surface area contributed by atoms with Crippen LogP contribution in [-0.2, 0) is 9.53 Å². The molecule has 6 nitrogen and oxygen atoms in total. The number of likely N-dealkylation sites (N-methyl/N-ethyl adjacent to an activating group) is 1. The van der Waals surface area contributed by atoms with Crippen LogP contribution >= 0.6 is 0 Å². The molecule has 3 rings (SSSR count). The Morgan fingerprint density at radius 2 is 1.88 bits per heavy atom. The number of amides is 2. The van der Waals surface area contributed by atoms with Gasteiger partial charge in [0, 0.05) is 33.0 Å². The van der Waals surface area contributed by atoms with Crippen LogP contribution in [0.2, 0.25) is 0 Å². The summed E-state index contributed by atoms with van der Waals surface area (Å²) < 4.78 is 11.7. The van der Waals surface area contributed by atoms with E-state index in [2.05, 4.69) is 0 Å².